The summed E-state index contributed by atoms with van der Waals surface area (Å²) in [6.07, 6.45) is 7.25. The first-order chi connectivity index (χ1) is 18.8. The van der Waals surface area contributed by atoms with Crippen LogP contribution in [0.5, 0.6) is 0 Å². The third-order valence-electron chi connectivity index (χ3n) is 5.94. The van der Waals surface area contributed by atoms with E-state index in [2.05, 4.69) is 35.8 Å². The minimum atomic E-state index is -0.795. The summed E-state index contributed by atoms with van der Waals surface area (Å²) in [5, 5.41) is 13.8. The van der Waals surface area contributed by atoms with Crippen LogP contribution < -0.4 is 10.6 Å². The smallest absolute Gasteiger partial charge is 0.328 e. The second-order valence-electron chi connectivity index (χ2n) is 9.26. The molecule has 0 aliphatic heterocycles. The Morgan fingerprint density at radius 2 is 1.59 bits per heavy atom. The molecule has 3 aromatic heterocycles. The van der Waals surface area contributed by atoms with Gasteiger partial charge in [-0.2, -0.15) is 0 Å². The van der Waals surface area contributed by atoms with Gasteiger partial charge in [-0.25, -0.2) is 4.79 Å². The lowest BCUT2D eigenvalue weighted by molar-refractivity contribution is -0.145. The second kappa shape index (κ2) is 15.3. The van der Waals surface area contributed by atoms with E-state index < -0.39 is 24.0 Å². The monoisotopic (exact) mass is 536 g/mol. The molecule has 0 saturated carbocycles. The average Bonchev–Trinajstić information content (AvgIpc) is 3.37. The number of nitrogens with zero attached hydrogens (tertiary/aromatic N) is 6. The Labute approximate surface area is 228 Å². The Bertz CT molecular complexity index is 1150. The van der Waals surface area contributed by atoms with E-state index in [4.69, 9.17) is 4.74 Å². The summed E-state index contributed by atoms with van der Waals surface area (Å²) >= 11 is 0. The lowest BCUT2D eigenvalue weighted by Gasteiger charge is -2.20. The Morgan fingerprint density at radius 3 is 2.15 bits per heavy atom. The fourth-order valence-electron chi connectivity index (χ4n) is 4.04. The molecule has 0 unspecified atom stereocenters. The third-order valence-corrected chi connectivity index (χ3v) is 5.94. The number of carbonyl (C=O) groups is 3. The maximum absolute atomic E-state index is 12.3. The number of hydrogen-bond donors (Lipinski definition) is 2. The maximum Gasteiger partial charge on any atom is 0.328 e. The van der Waals surface area contributed by atoms with E-state index in [9.17, 15) is 14.4 Å². The number of unbranched alkanes of at least 4 members (excludes halogenated alkanes) is 1. The van der Waals surface area contributed by atoms with Crippen LogP contribution in [0, 0.1) is 0 Å². The molecule has 2 amide bonds. The summed E-state index contributed by atoms with van der Waals surface area (Å²) < 4.78 is 6.61. The number of pyridine rings is 2. The molecule has 2 N–H and O–H groups in total. The highest BCUT2D eigenvalue weighted by atomic mass is 16.5. The molecule has 2 atom stereocenters. The molecule has 3 heterocycles. The first-order valence-corrected chi connectivity index (χ1v) is 12.9. The number of nitrogens with one attached hydrogen (secondary N) is 2. The van der Waals surface area contributed by atoms with Crippen molar-refractivity contribution in [3.05, 3.63) is 72.1 Å². The summed E-state index contributed by atoms with van der Waals surface area (Å²) in [5.74, 6) is -1.29. The third kappa shape index (κ3) is 10.2. The summed E-state index contributed by atoms with van der Waals surface area (Å²) in [5.41, 5.74) is 2.74. The van der Waals surface area contributed by atoms with Gasteiger partial charge in [-0.05, 0) is 50.5 Å². The average molecular weight is 537 g/mol. The van der Waals surface area contributed by atoms with Gasteiger partial charge in [0.15, 0.2) is 0 Å². The summed E-state index contributed by atoms with van der Waals surface area (Å²) in [4.78, 5) is 46.8. The highest BCUT2D eigenvalue weighted by molar-refractivity contribution is 5.89. The fraction of sp³-hybridized carbons (Fsp3) is 0.444. The van der Waals surface area contributed by atoms with Crippen molar-refractivity contribution in [2.45, 2.75) is 71.4 Å². The van der Waals surface area contributed by atoms with Crippen LogP contribution in [0.15, 0.2) is 55.0 Å². The molecule has 3 rings (SSSR count). The molecule has 39 heavy (non-hydrogen) atoms. The van der Waals surface area contributed by atoms with Crippen molar-refractivity contribution in [2.24, 2.45) is 0 Å². The van der Waals surface area contributed by atoms with E-state index in [1.165, 1.54) is 14.0 Å². The van der Waals surface area contributed by atoms with Gasteiger partial charge < -0.3 is 15.4 Å². The Morgan fingerprint density at radius 1 is 0.949 bits per heavy atom. The van der Waals surface area contributed by atoms with Crippen LogP contribution in [0.25, 0.3) is 0 Å². The number of methoxy groups -OCH3 is 1. The van der Waals surface area contributed by atoms with Crippen molar-refractivity contribution >= 4 is 17.8 Å². The van der Waals surface area contributed by atoms with Crippen molar-refractivity contribution in [2.75, 3.05) is 7.11 Å². The van der Waals surface area contributed by atoms with E-state index in [0.29, 0.717) is 39.0 Å². The van der Waals surface area contributed by atoms with Gasteiger partial charge in [0, 0.05) is 51.7 Å². The van der Waals surface area contributed by atoms with Crippen molar-refractivity contribution < 1.29 is 19.1 Å². The molecule has 0 fully saturated rings. The second-order valence-corrected chi connectivity index (χ2v) is 9.26. The Balaban J connectivity index is 1.52. The molecule has 0 aliphatic rings. The molecule has 0 aromatic carbocycles. The molecule has 0 saturated heterocycles. The summed E-state index contributed by atoms with van der Waals surface area (Å²) in [7, 11) is 1.28. The number of aryl methyl sites for hydroxylation is 1. The zero-order valence-electron chi connectivity index (χ0n) is 22.6. The van der Waals surface area contributed by atoms with Crippen molar-refractivity contribution in [3.8, 4) is 0 Å². The summed E-state index contributed by atoms with van der Waals surface area (Å²) in [6, 6.07) is 10.2. The molecule has 0 radical (unpaired) electrons. The zero-order valence-corrected chi connectivity index (χ0v) is 22.6. The normalized spacial score (nSPS) is 12.5. The van der Waals surface area contributed by atoms with Gasteiger partial charge in [0.05, 0.1) is 24.2 Å². The number of aromatic nitrogens is 5. The highest BCUT2D eigenvalue weighted by Crippen LogP contribution is 2.11. The Kier molecular flexibility index (Phi) is 11.5. The van der Waals surface area contributed by atoms with Gasteiger partial charge in [0.2, 0.25) is 11.8 Å². The minimum Gasteiger partial charge on any atom is -0.467 e. The predicted molar refractivity (Wildman–Crippen MR) is 143 cm³/mol. The number of amides is 2. The molecule has 0 spiro atoms. The van der Waals surface area contributed by atoms with E-state index in [0.717, 1.165) is 23.5 Å². The number of ether oxygens (including phenoxy) is 1. The minimum absolute atomic E-state index is 0.323. The lowest BCUT2D eigenvalue weighted by Crippen LogP contribution is -2.50. The molecule has 3 aromatic rings. The first kappa shape index (κ1) is 29.4. The van der Waals surface area contributed by atoms with Crippen molar-refractivity contribution in [1.82, 2.24) is 40.5 Å². The number of carbonyl (C=O) groups excluding carboxylic acids is 3. The molecular formula is C27H36N8O4. The molecular weight excluding hydrogens is 500 g/mol. The van der Waals surface area contributed by atoms with E-state index in [1.807, 2.05) is 42.6 Å². The topological polar surface area (TPSA) is 144 Å². The SMILES string of the molecule is COC(=O)[C@@H](CCCCn1cc(CN(Cc2ccccn2)Cc2ccccn2)nn1)NC(=O)[C@@H](C)NC(C)=O. The largest absolute Gasteiger partial charge is 0.467 e. The van der Waals surface area contributed by atoms with Crippen molar-refractivity contribution in [1.29, 1.82) is 0 Å². The van der Waals surface area contributed by atoms with Crippen molar-refractivity contribution in [3.63, 3.8) is 0 Å². The van der Waals surface area contributed by atoms with E-state index in [1.54, 1.807) is 24.0 Å². The first-order valence-electron chi connectivity index (χ1n) is 12.9. The highest BCUT2D eigenvalue weighted by Gasteiger charge is 2.24. The van der Waals surface area contributed by atoms with Crippen LogP contribution in [0.2, 0.25) is 0 Å². The molecule has 12 heteroatoms. The molecule has 0 bridgehead atoms. The lowest BCUT2D eigenvalue weighted by atomic mass is 10.1. The molecule has 0 aliphatic carbocycles. The molecule has 208 valence electrons. The van der Waals surface area contributed by atoms with Crippen LogP contribution in [-0.4, -0.2) is 66.8 Å². The van der Waals surface area contributed by atoms with E-state index in [-0.39, 0.29) is 5.91 Å². The van der Waals surface area contributed by atoms with Gasteiger partial charge >= 0.3 is 5.97 Å². The summed E-state index contributed by atoms with van der Waals surface area (Å²) in [6.45, 7) is 5.36. The quantitative estimate of drug-likeness (QED) is 0.219. The van der Waals surface area contributed by atoms with Gasteiger partial charge in [-0.15, -0.1) is 5.10 Å². The van der Waals surface area contributed by atoms with Crippen LogP contribution in [0.4, 0.5) is 0 Å². The fourth-order valence-corrected chi connectivity index (χ4v) is 4.04. The maximum atomic E-state index is 12.3. The predicted octanol–water partition coefficient (Wildman–Crippen LogP) is 1.62. The Hall–Kier alpha value is -4.19. The number of rotatable bonds is 15. The van der Waals surface area contributed by atoms with Gasteiger partial charge in [-0.1, -0.05) is 17.3 Å². The number of hydrogen-bond acceptors (Lipinski definition) is 9. The zero-order chi connectivity index (χ0) is 28.0. The van der Waals surface area contributed by atoms with E-state index >= 15 is 0 Å². The van der Waals surface area contributed by atoms with Gasteiger partial charge in [0.25, 0.3) is 0 Å². The molecule has 12 nitrogen and oxygen atoms in total. The standard InChI is InChI=1S/C27H36N8O4/c1-20(30-21(2)36)26(37)31-25(27(38)39-3)12-6-9-15-35-19-24(32-33-35)18-34(16-22-10-4-7-13-28-22)17-23-11-5-8-14-29-23/h4-5,7-8,10-11,13-14,19-20,25H,6,9,12,15-18H2,1-3H3,(H,30,36)(H,31,37)/t20-,25-/m1/s1. The van der Waals surface area contributed by atoms with Crippen LogP contribution in [0.3, 0.4) is 0 Å². The van der Waals surface area contributed by atoms with Gasteiger partial charge in [0.1, 0.15) is 12.1 Å². The van der Waals surface area contributed by atoms with Crippen LogP contribution in [-0.2, 0) is 45.3 Å². The number of esters is 1. The van der Waals surface area contributed by atoms with Crippen LogP contribution >= 0.6 is 0 Å². The van der Waals surface area contributed by atoms with Crippen LogP contribution in [0.1, 0.15) is 50.2 Å². The van der Waals surface area contributed by atoms with Gasteiger partial charge in [-0.3, -0.25) is 29.1 Å².